The number of methoxy groups -OCH3 is 1. The van der Waals surface area contributed by atoms with Crippen molar-refractivity contribution in [2.24, 2.45) is 5.73 Å². The first-order chi connectivity index (χ1) is 9.04. The minimum Gasteiger partial charge on any atom is -0.383 e. The topological polar surface area (TPSA) is 38.5 Å². The third-order valence-electron chi connectivity index (χ3n) is 3.54. The minimum absolute atomic E-state index is 0.229. The fourth-order valence-electron chi connectivity index (χ4n) is 2.46. The second-order valence-electron chi connectivity index (χ2n) is 4.89. The van der Waals surface area contributed by atoms with Crippen molar-refractivity contribution in [1.29, 1.82) is 0 Å². The van der Waals surface area contributed by atoms with Crippen LogP contribution in [0, 0.1) is 6.92 Å². The largest absolute Gasteiger partial charge is 0.383 e. The molecule has 0 aromatic heterocycles. The van der Waals surface area contributed by atoms with E-state index >= 15 is 0 Å². The van der Waals surface area contributed by atoms with Crippen LogP contribution in [-0.4, -0.2) is 37.7 Å². The van der Waals surface area contributed by atoms with E-state index in [1.807, 2.05) is 0 Å². The van der Waals surface area contributed by atoms with Crippen molar-refractivity contribution in [3.8, 4) is 0 Å². The Morgan fingerprint density at radius 3 is 2.58 bits per heavy atom. The molecule has 0 amide bonds. The van der Waals surface area contributed by atoms with E-state index in [9.17, 15) is 0 Å². The first-order valence-corrected chi connectivity index (χ1v) is 7.55. The van der Waals surface area contributed by atoms with Gasteiger partial charge in [-0.2, -0.15) is 0 Å². The number of nitrogens with zero attached hydrogens (tertiary/aromatic N) is 1. The van der Waals surface area contributed by atoms with Gasteiger partial charge in [0.1, 0.15) is 0 Å². The molecule has 0 bridgehead atoms. The molecule has 2 N–H and O–H groups in total. The van der Waals surface area contributed by atoms with Gasteiger partial charge in [-0.15, -0.1) is 0 Å². The van der Waals surface area contributed by atoms with Gasteiger partial charge in [-0.25, -0.2) is 0 Å². The quantitative estimate of drug-likeness (QED) is 0.835. The van der Waals surface area contributed by atoms with Crippen LogP contribution >= 0.6 is 15.9 Å². The average Bonchev–Trinajstić information content (AvgIpc) is 2.39. The number of hydrogen-bond donors (Lipinski definition) is 1. The highest BCUT2D eigenvalue weighted by Crippen LogP contribution is 2.26. The summed E-state index contributed by atoms with van der Waals surface area (Å²) in [6.45, 7) is 8.72. The van der Waals surface area contributed by atoms with Crippen molar-refractivity contribution < 1.29 is 4.74 Å². The Morgan fingerprint density at radius 2 is 2.11 bits per heavy atom. The molecule has 2 unspecified atom stereocenters. The van der Waals surface area contributed by atoms with Gasteiger partial charge in [-0.1, -0.05) is 35.0 Å². The average molecular weight is 329 g/mol. The standard InChI is InChI=1S/C15H25BrN2O/c1-5-18(12(3)10-19-4)15(9-17)13-7-6-11(2)14(16)8-13/h6-8,12,15H,5,9-10,17H2,1-4H3. The Kier molecular flexibility index (Phi) is 7.00. The van der Waals surface area contributed by atoms with E-state index in [1.54, 1.807) is 7.11 Å². The molecule has 1 rings (SSSR count). The second-order valence-corrected chi connectivity index (χ2v) is 5.75. The second kappa shape index (κ2) is 8.00. The van der Waals surface area contributed by atoms with E-state index in [2.05, 4.69) is 59.8 Å². The van der Waals surface area contributed by atoms with Crippen molar-refractivity contribution in [3.05, 3.63) is 33.8 Å². The molecule has 0 fully saturated rings. The molecule has 0 saturated carbocycles. The van der Waals surface area contributed by atoms with Gasteiger partial charge >= 0.3 is 0 Å². The molecule has 2 atom stereocenters. The van der Waals surface area contributed by atoms with Crippen LogP contribution in [0.2, 0.25) is 0 Å². The summed E-state index contributed by atoms with van der Waals surface area (Å²) in [6.07, 6.45) is 0. The zero-order valence-corrected chi connectivity index (χ0v) is 13.9. The molecule has 1 aromatic rings. The SMILES string of the molecule is CCN(C(C)COC)C(CN)c1ccc(C)c(Br)c1. The number of likely N-dealkylation sites (N-methyl/N-ethyl adjacent to an activating group) is 1. The Balaban J connectivity index is 2.99. The van der Waals surface area contributed by atoms with Crippen molar-refractivity contribution >= 4 is 15.9 Å². The maximum Gasteiger partial charge on any atom is 0.0615 e. The maximum atomic E-state index is 6.01. The molecule has 108 valence electrons. The highest BCUT2D eigenvalue weighted by atomic mass is 79.9. The van der Waals surface area contributed by atoms with Gasteiger partial charge in [-0.3, -0.25) is 4.90 Å². The van der Waals surface area contributed by atoms with E-state index in [1.165, 1.54) is 11.1 Å². The van der Waals surface area contributed by atoms with Crippen molar-refractivity contribution in [2.75, 3.05) is 26.8 Å². The fraction of sp³-hybridized carbons (Fsp3) is 0.600. The van der Waals surface area contributed by atoms with Crippen molar-refractivity contribution in [3.63, 3.8) is 0 Å². The lowest BCUT2D eigenvalue weighted by Gasteiger charge is -2.35. The van der Waals surface area contributed by atoms with Crippen LogP contribution in [0.5, 0.6) is 0 Å². The molecule has 0 aliphatic carbocycles. The molecule has 0 saturated heterocycles. The Bertz CT molecular complexity index is 398. The summed E-state index contributed by atoms with van der Waals surface area (Å²) < 4.78 is 6.41. The van der Waals surface area contributed by atoms with Crippen LogP contribution in [0.15, 0.2) is 22.7 Å². The van der Waals surface area contributed by atoms with Gasteiger partial charge in [0.25, 0.3) is 0 Å². The Hall–Kier alpha value is -0.420. The third-order valence-corrected chi connectivity index (χ3v) is 4.40. The predicted molar refractivity (Wildman–Crippen MR) is 84.4 cm³/mol. The molecule has 0 aliphatic rings. The number of hydrogen-bond acceptors (Lipinski definition) is 3. The molecule has 0 spiro atoms. The summed E-state index contributed by atoms with van der Waals surface area (Å²) >= 11 is 3.60. The van der Waals surface area contributed by atoms with Crippen LogP contribution < -0.4 is 5.73 Å². The van der Waals surface area contributed by atoms with Gasteiger partial charge in [0.05, 0.1) is 6.61 Å². The van der Waals surface area contributed by atoms with Crippen LogP contribution in [0.4, 0.5) is 0 Å². The minimum atomic E-state index is 0.229. The summed E-state index contributed by atoms with van der Waals surface area (Å²) in [5.74, 6) is 0. The van der Waals surface area contributed by atoms with E-state index in [0.717, 1.165) is 17.6 Å². The Labute approximate surface area is 125 Å². The Morgan fingerprint density at radius 1 is 1.42 bits per heavy atom. The molecule has 0 radical (unpaired) electrons. The zero-order valence-electron chi connectivity index (χ0n) is 12.3. The van der Waals surface area contributed by atoms with E-state index < -0.39 is 0 Å². The molecule has 0 heterocycles. The molecular formula is C15H25BrN2O. The third kappa shape index (κ3) is 4.28. The van der Waals surface area contributed by atoms with Crippen molar-refractivity contribution in [2.45, 2.75) is 32.9 Å². The molecule has 0 aliphatic heterocycles. The smallest absolute Gasteiger partial charge is 0.0615 e. The number of rotatable bonds is 7. The van der Waals surface area contributed by atoms with Crippen LogP contribution in [0.3, 0.4) is 0 Å². The fourth-order valence-corrected chi connectivity index (χ4v) is 2.85. The number of benzene rings is 1. The molecule has 19 heavy (non-hydrogen) atoms. The van der Waals surface area contributed by atoms with Crippen LogP contribution in [0.1, 0.15) is 31.0 Å². The van der Waals surface area contributed by atoms with E-state index in [-0.39, 0.29) is 6.04 Å². The van der Waals surface area contributed by atoms with Gasteiger partial charge < -0.3 is 10.5 Å². The van der Waals surface area contributed by atoms with Gasteiger partial charge in [-0.05, 0) is 37.6 Å². The normalized spacial score (nSPS) is 14.7. The van der Waals surface area contributed by atoms with Gasteiger partial charge in [0.15, 0.2) is 0 Å². The summed E-state index contributed by atoms with van der Waals surface area (Å²) in [5, 5.41) is 0. The summed E-state index contributed by atoms with van der Waals surface area (Å²) in [4.78, 5) is 2.39. The first kappa shape index (κ1) is 16.6. The van der Waals surface area contributed by atoms with E-state index in [4.69, 9.17) is 10.5 Å². The number of ether oxygens (including phenoxy) is 1. The summed E-state index contributed by atoms with van der Waals surface area (Å²) in [7, 11) is 1.74. The summed E-state index contributed by atoms with van der Waals surface area (Å²) in [6, 6.07) is 7.06. The lowest BCUT2D eigenvalue weighted by Crippen LogP contribution is -2.42. The molecule has 4 heteroatoms. The highest BCUT2D eigenvalue weighted by Gasteiger charge is 2.22. The van der Waals surface area contributed by atoms with Crippen LogP contribution in [-0.2, 0) is 4.74 Å². The lowest BCUT2D eigenvalue weighted by atomic mass is 10.0. The number of aryl methyl sites for hydroxylation is 1. The lowest BCUT2D eigenvalue weighted by molar-refractivity contribution is 0.0751. The highest BCUT2D eigenvalue weighted by molar-refractivity contribution is 9.10. The molecule has 1 aromatic carbocycles. The maximum absolute atomic E-state index is 6.01. The number of halogens is 1. The molecular weight excluding hydrogens is 304 g/mol. The van der Waals surface area contributed by atoms with Gasteiger partial charge in [0, 0.05) is 30.2 Å². The van der Waals surface area contributed by atoms with E-state index in [0.29, 0.717) is 12.6 Å². The zero-order chi connectivity index (χ0) is 14.4. The monoisotopic (exact) mass is 328 g/mol. The molecule has 3 nitrogen and oxygen atoms in total. The summed E-state index contributed by atoms with van der Waals surface area (Å²) in [5.41, 5.74) is 8.50. The number of nitrogens with two attached hydrogens (primary N) is 1. The predicted octanol–water partition coefficient (Wildman–Crippen LogP) is 3.11. The first-order valence-electron chi connectivity index (χ1n) is 6.75. The van der Waals surface area contributed by atoms with Gasteiger partial charge in [0.2, 0.25) is 0 Å². The van der Waals surface area contributed by atoms with Crippen molar-refractivity contribution in [1.82, 2.24) is 4.90 Å². The van der Waals surface area contributed by atoms with Crippen LogP contribution in [0.25, 0.3) is 0 Å².